The molecule has 4 unspecified atom stereocenters. The van der Waals surface area contributed by atoms with Gasteiger partial charge in [0.2, 0.25) is 12.5 Å². The molecule has 38 heavy (non-hydrogen) atoms. The molecule has 2 aromatic carbocycles. The van der Waals surface area contributed by atoms with Crippen molar-refractivity contribution in [1.29, 1.82) is 0 Å². The largest absolute Gasteiger partial charge is 0.502 e. The van der Waals surface area contributed by atoms with Crippen molar-refractivity contribution in [2.75, 3.05) is 53.9 Å². The number of ether oxygens (including phenoxy) is 6. The minimum Gasteiger partial charge on any atom is -0.502 e. The first-order valence-corrected chi connectivity index (χ1v) is 12.3. The molecule has 5 rings (SSSR count). The maximum atomic E-state index is 13.1. The number of aromatic hydroxyl groups is 1. The molecule has 1 aliphatic carbocycles. The third-order valence-electron chi connectivity index (χ3n) is 7.07. The van der Waals surface area contributed by atoms with E-state index in [1.165, 1.54) is 14.2 Å². The summed E-state index contributed by atoms with van der Waals surface area (Å²) in [4.78, 5) is 25.9. The highest BCUT2D eigenvalue weighted by Gasteiger charge is 2.54. The summed E-state index contributed by atoms with van der Waals surface area (Å²) in [6.07, 6.45) is -1.44. The molecule has 0 bridgehead atoms. The number of alkyl carbamates (subject to hydrolysis) is 1. The molecule has 0 radical (unpaired) electrons. The summed E-state index contributed by atoms with van der Waals surface area (Å²) in [5.74, 6) is -0.879. The van der Waals surface area contributed by atoms with Crippen LogP contribution in [0.3, 0.4) is 0 Å². The average Bonchev–Trinajstić information content (AvgIpc) is 3.54. The fourth-order valence-corrected chi connectivity index (χ4v) is 5.37. The lowest BCUT2D eigenvalue weighted by Crippen LogP contribution is -2.39. The lowest BCUT2D eigenvalue weighted by Gasteiger charge is -2.38. The van der Waals surface area contributed by atoms with Crippen molar-refractivity contribution < 1.29 is 48.2 Å². The Morgan fingerprint density at radius 3 is 2.34 bits per heavy atom. The van der Waals surface area contributed by atoms with Crippen LogP contribution in [0.4, 0.5) is 4.79 Å². The van der Waals surface area contributed by atoms with Crippen LogP contribution in [0.25, 0.3) is 0 Å². The number of aliphatic hydroxyl groups is 1. The number of phenols is 1. The first-order valence-electron chi connectivity index (χ1n) is 12.3. The second-order valence-corrected chi connectivity index (χ2v) is 9.13. The summed E-state index contributed by atoms with van der Waals surface area (Å²) in [6, 6.07) is 6.89. The highest BCUT2D eigenvalue weighted by molar-refractivity contribution is 5.79. The topological polar surface area (TPSA) is 154 Å². The number of carbonyl (C=O) groups is 2. The summed E-state index contributed by atoms with van der Waals surface area (Å²) >= 11 is 0. The zero-order valence-corrected chi connectivity index (χ0v) is 21.0. The predicted molar refractivity (Wildman–Crippen MR) is 131 cm³/mol. The molecule has 0 aromatic heterocycles. The average molecular weight is 531 g/mol. The Morgan fingerprint density at radius 1 is 1.00 bits per heavy atom. The maximum Gasteiger partial charge on any atom is 0.407 e. The van der Waals surface area contributed by atoms with Gasteiger partial charge in [-0.2, -0.15) is 0 Å². The zero-order valence-electron chi connectivity index (χ0n) is 21.0. The number of aliphatic hydroxyl groups excluding tert-OH is 1. The first kappa shape index (κ1) is 25.7. The number of methoxy groups -OCH3 is 2. The molecule has 4 atom stereocenters. The SMILES string of the molecule is COc1cc(C2c3cc4c(cc3C(OC(=O)NCCNCCO)C3COC(=O)C23)OCO4)cc(OC)c1O. The van der Waals surface area contributed by atoms with E-state index in [0.717, 1.165) is 0 Å². The maximum absolute atomic E-state index is 13.1. The van der Waals surface area contributed by atoms with E-state index in [1.54, 1.807) is 24.3 Å². The van der Waals surface area contributed by atoms with Crippen molar-refractivity contribution >= 4 is 12.1 Å². The Morgan fingerprint density at radius 2 is 1.68 bits per heavy atom. The predicted octanol–water partition coefficient (Wildman–Crippen LogP) is 1.42. The molecule has 2 aromatic rings. The van der Waals surface area contributed by atoms with Crippen molar-refractivity contribution in [2.24, 2.45) is 11.8 Å². The van der Waals surface area contributed by atoms with Crippen LogP contribution in [-0.2, 0) is 14.3 Å². The van der Waals surface area contributed by atoms with Gasteiger partial charge in [0.05, 0.1) is 33.4 Å². The van der Waals surface area contributed by atoms with Gasteiger partial charge in [0.1, 0.15) is 6.10 Å². The number of nitrogens with one attached hydrogen (secondary N) is 2. The van der Waals surface area contributed by atoms with E-state index < -0.39 is 35.9 Å². The van der Waals surface area contributed by atoms with Crippen LogP contribution in [0.15, 0.2) is 24.3 Å². The van der Waals surface area contributed by atoms with Gasteiger partial charge in [0, 0.05) is 37.0 Å². The van der Waals surface area contributed by atoms with Crippen molar-refractivity contribution in [3.05, 3.63) is 41.0 Å². The van der Waals surface area contributed by atoms with Gasteiger partial charge in [-0.3, -0.25) is 4.79 Å². The number of phenolic OH excluding ortho intramolecular Hbond substituents is 1. The van der Waals surface area contributed by atoms with Gasteiger partial charge in [-0.1, -0.05) is 0 Å². The van der Waals surface area contributed by atoms with Crippen molar-refractivity contribution in [3.8, 4) is 28.7 Å². The van der Waals surface area contributed by atoms with E-state index in [0.29, 0.717) is 47.8 Å². The van der Waals surface area contributed by atoms with Crippen LogP contribution in [0.2, 0.25) is 0 Å². The molecule has 12 heteroatoms. The molecular formula is C26H30N2O10. The number of cyclic esters (lactones) is 1. The zero-order chi connectivity index (χ0) is 26.8. The van der Waals surface area contributed by atoms with E-state index in [9.17, 15) is 14.7 Å². The molecular weight excluding hydrogens is 500 g/mol. The van der Waals surface area contributed by atoms with Crippen molar-refractivity contribution in [1.82, 2.24) is 10.6 Å². The van der Waals surface area contributed by atoms with Gasteiger partial charge < -0.3 is 49.3 Å². The van der Waals surface area contributed by atoms with E-state index in [2.05, 4.69) is 10.6 Å². The normalized spacial score (nSPS) is 22.8. The van der Waals surface area contributed by atoms with E-state index in [-0.39, 0.29) is 37.3 Å². The quantitative estimate of drug-likeness (QED) is 0.275. The van der Waals surface area contributed by atoms with Crippen LogP contribution >= 0.6 is 0 Å². The van der Waals surface area contributed by atoms with Crippen LogP contribution in [0, 0.1) is 11.8 Å². The molecule has 12 nitrogen and oxygen atoms in total. The third kappa shape index (κ3) is 4.61. The van der Waals surface area contributed by atoms with E-state index in [1.807, 2.05) is 0 Å². The minimum atomic E-state index is -0.793. The lowest BCUT2D eigenvalue weighted by atomic mass is 9.66. The van der Waals surface area contributed by atoms with Gasteiger partial charge in [-0.25, -0.2) is 4.79 Å². The number of benzene rings is 2. The fraction of sp³-hybridized carbons (Fsp3) is 0.462. The number of esters is 1. The number of carbonyl (C=O) groups excluding carboxylic acids is 2. The van der Waals surface area contributed by atoms with Crippen LogP contribution in [0.1, 0.15) is 28.7 Å². The Bertz CT molecular complexity index is 1190. The first-order chi connectivity index (χ1) is 18.5. The Hall–Kier alpha value is -3.90. The van der Waals surface area contributed by atoms with Crippen molar-refractivity contribution in [2.45, 2.75) is 12.0 Å². The summed E-state index contributed by atoms with van der Waals surface area (Å²) in [7, 11) is 2.86. The monoisotopic (exact) mass is 530 g/mol. The fourth-order valence-electron chi connectivity index (χ4n) is 5.37. The molecule has 204 valence electrons. The second-order valence-electron chi connectivity index (χ2n) is 9.13. The minimum absolute atomic E-state index is 0.00352. The van der Waals surface area contributed by atoms with Crippen LogP contribution < -0.4 is 29.6 Å². The lowest BCUT2D eigenvalue weighted by molar-refractivity contribution is -0.141. The summed E-state index contributed by atoms with van der Waals surface area (Å²) in [5, 5.41) is 25.0. The Kier molecular flexibility index (Phi) is 7.34. The number of amides is 1. The van der Waals surface area contributed by atoms with Gasteiger partial charge >= 0.3 is 12.1 Å². The standard InChI is InChI=1S/C26H30N2O10/c1-33-19-7-13(8-20(34-2)23(19)30)21-14-9-17-18(37-12-36-17)10-15(14)24(16-11-35-25(31)22(16)21)38-26(32)28-4-3-27-5-6-29/h7-10,16,21-22,24,27,29-30H,3-6,11-12H2,1-2H3,(H,28,32). The third-order valence-corrected chi connectivity index (χ3v) is 7.07. The number of hydrogen-bond donors (Lipinski definition) is 4. The summed E-state index contributed by atoms with van der Waals surface area (Å²) in [5.41, 5.74) is 2.02. The molecule has 4 N–H and O–H groups in total. The molecule has 2 heterocycles. The number of rotatable bonds is 9. The molecule has 1 fully saturated rings. The van der Waals surface area contributed by atoms with Gasteiger partial charge in [-0.15, -0.1) is 0 Å². The highest BCUT2D eigenvalue weighted by Crippen LogP contribution is 2.56. The number of fused-ring (bicyclic) bond motifs is 3. The van der Waals surface area contributed by atoms with E-state index >= 15 is 0 Å². The molecule has 0 spiro atoms. The smallest absolute Gasteiger partial charge is 0.407 e. The molecule has 1 amide bonds. The number of hydrogen-bond acceptors (Lipinski definition) is 11. The van der Waals surface area contributed by atoms with Crippen LogP contribution in [-0.4, -0.2) is 76.1 Å². The molecule has 2 aliphatic heterocycles. The molecule has 0 saturated carbocycles. The van der Waals surface area contributed by atoms with Gasteiger partial charge in [0.25, 0.3) is 0 Å². The van der Waals surface area contributed by atoms with Crippen LogP contribution in [0.5, 0.6) is 28.7 Å². The van der Waals surface area contributed by atoms with Gasteiger partial charge in [0.15, 0.2) is 23.0 Å². The molecule has 1 saturated heterocycles. The summed E-state index contributed by atoms with van der Waals surface area (Å²) in [6.45, 7) is 1.27. The Labute approximate surface area is 218 Å². The van der Waals surface area contributed by atoms with Gasteiger partial charge in [-0.05, 0) is 35.4 Å². The van der Waals surface area contributed by atoms with E-state index in [4.69, 9.17) is 33.5 Å². The Balaban J connectivity index is 1.55. The highest BCUT2D eigenvalue weighted by atomic mass is 16.7. The summed E-state index contributed by atoms with van der Waals surface area (Å²) < 4.78 is 33.4. The van der Waals surface area contributed by atoms with Crippen molar-refractivity contribution in [3.63, 3.8) is 0 Å². The molecule has 3 aliphatic rings. The second kappa shape index (κ2) is 10.8.